The third kappa shape index (κ3) is 4.80. The highest BCUT2D eigenvalue weighted by atomic mass is 32.2. The summed E-state index contributed by atoms with van der Waals surface area (Å²) in [7, 11) is 0. The monoisotopic (exact) mass is 506 g/mol. The number of rotatable bonds is 6. The smallest absolute Gasteiger partial charge is 0.267 e. The molecule has 1 aliphatic rings. The highest BCUT2D eigenvalue weighted by molar-refractivity contribution is 7.99. The van der Waals surface area contributed by atoms with Gasteiger partial charge in [0.15, 0.2) is 16.7 Å². The molecule has 10 heteroatoms. The van der Waals surface area contributed by atoms with Crippen LogP contribution in [0.1, 0.15) is 28.8 Å². The minimum absolute atomic E-state index is 0.00797. The van der Waals surface area contributed by atoms with E-state index in [4.69, 9.17) is 4.98 Å². The van der Waals surface area contributed by atoms with Crippen LogP contribution in [-0.2, 0) is 17.6 Å². The second-order valence-corrected chi connectivity index (χ2v) is 10.1. The van der Waals surface area contributed by atoms with Crippen molar-refractivity contribution in [3.05, 3.63) is 74.9 Å². The molecule has 0 saturated carbocycles. The number of thiophene rings is 1. The molecule has 5 rings (SSSR count). The van der Waals surface area contributed by atoms with Crippen LogP contribution in [0.3, 0.4) is 0 Å². The van der Waals surface area contributed by atoms with Crippen LogP contribution in [0.2, 0.25) is 0 Å². The molecule has 4 aromatic rings. The van der Waals surface area contributed by atoms with Gasteiger partial charge in [0, 0.05) is 4.88 Å². The number of carbonyl (C=O) groups is 1. The molecular formula is C25H22N4O4S2. The number of nitrogens with zero attached hydrogens (tertiary/aromatic N) is 3. The summed E-state index contributed by atoms with van der Waals surface area (Å²) < 4.78 is 1.59. The summed E-state index contributed by atoms with van der Waals surface area (Å²) in [5.41, 5.74) is 4.68. The van der Waals surface area contributed by atoms with E-state index in [0.29, 0.717) is 21.8 Å². The number of thioether (sulfide) groups is 1. The van der Waals surface area contributed by atoms with Crippen molar-refractivity contribution in [3.63, 3.8) is 0 Å². The second kappa shape index (κ2) is 9.93. The van der Waals surface area contributed by atoms with E-state index in [2.05, 4.69) is 10.5 Å². The van der Waals surface area contributed by atoms with E-state index < -0.39 is 0 Å². The molecule has 0 bridgehead atoms. The van der Waals surface area contributed by atoms with Crippen LogP contribution in [0, 0.1) is 0 Å². The summed E-state index contributed by atoms with van der Waals surface area (Å²) >= 11 is 2.75. The van der Waals surface area contributed by atoms with Gasteiger partial charge in [-0.1, -0.05) is 30.0 Å². The minimum atomic E-state index is -0.367. The number of nitrogens with one attached hydrogen (secondary N) is 1. The van der Waals surface area contributed by atoms with Gasteiger partial charge in [-0.25, -0.2) is 10.4 Å². The third-order valence-corrected chi connectivity index (χ3v) is 7.83. The van der Waals surface area contributed by atoms with Crippen LogP contribution in [0.25, 0.3) is 15.9 Å². The van der Waals surface area contributed by atoms with Gasteiger partial charge in [0.05, 0.1) is 23.0 Å². The number of phenolic OH excluding ortho intramolecular Hbond substituents is 2. The lowest BCUT2D eigenvalue weighted by molar-refractivity contribution is -0.118. The summed E-state index contributed by atoms with van der Waals surface area (Å²) in [6.45, 7) is 0. The standard InChI is InChI=1S/C25H22N4O4S2/c30-18-11-10-15(12-19(18)31)13-26-28-21(32)14-34-25-27-23-22(17-8-4-5-9-20(17)35-23)24(33)29(25)16-6-2-1-3-7-16/h1-3,6-7,10-13,30-31H,4-5,8-9,14H2,(H,28,32)/b26-13-. The van der Waals surface area contributed by atoms with E-state index in [1.54, 1.807) is 22.0 Å². The molecule has 0 fully saturated rings. The predicted molar refractivity (Wildman–Crippen MR) is 138 cm³/mol. The van der Waals surface area contributed by atoms with Crippen molar-refractivity contribution in [1.82, 2.24) is 15.0 Å². The Labute approximate surface area is 209 Å². The van der Waals surface area contributed by atoms with Crippen molar-refractivity contribution < 1.29 is 15.0 Å². The number of aryl methyl sites for hydroxylation is 2. The molecule has 0 spiro atoms. The number of hydrogen-bond donors (Lipinski definition) is 3. The summed E-state index contributed by atoms with van der Waals surface area (Å²) in [6, 6.07) is 13.6. The second-order valence-electron chi connectivity index (χ2n) is 8.09. The summed E-state index contributed by atoms with van der Waals surface area (Å²) in [5.74, 6) is -0.864. The molecule has 2 aromatic carbocycles. The van der Waals surface area contributed by atoms with Crippen LogP contribution in [-0.4, -0.2) is 37.6 Å². The predicted octanol–water partition coefficient (Wildman–Crippen LogP) is 3.98. The Hall–Kier alpha value is -3.63. The van der Waals surface area contributed by atoms with Gasteiger partial charge < -0.3 is 10.2 Å². The van der Waals surface area contributed by atoms with Crippen molar-refractivity contribution in [1.29, 1.82) is 0 Å². The number of phenols is 2. The Balaban J connectivity index is 1.40. The number of fused-ring (bicyclic) bond motifs is 3. The Bertz CT molecular complexity index is 1500. The topological polar surface area (TPSA) is 117 Å². The zero-order valence-corrected chi connectivity index (χ0v) is 20.2. The van der Waals surface area contributed by atoms with Crippen molar-refractivity contribution in [2.75, 3.05) is 5.75 Å². The molecule has 0 radical (unpaired) electrons. The number of aromatic nitrogens is 2. The maximum absolute atomic E-state index is 13.7. The van der Waals surface area contributed by atoms with E-state index in [9.17, 15) is 19.8 Å². The SMILES string of the molecule is O=C(CSc1nc2sc3c(c2c(=O)n1-c1ccccc1)CCCC3)N/N=C\c1ccc(O)c(O)c1. The van der Waals surface area contributed by atoms with Crippen LogP contribution < -0.4 is 11.0 Å². The lowest BCUT2D eigenvalue weighted by Gasteiger charge is -2.13. The lowest BCUT2D eigenvalue weighted by Crippen LogP contribution is -2.24. The van der Waals surface area contributed by atoms with Gasteiger partial charge >= 0.3 is 0 Å². The van der Waals surface area contributed by atoms with Crippen LogP contribution in [0.5, 0.6) is 11.5 Å². The van der Waals surface area contributed by atoms with Gasteiger partial charge in [0.25, 0.3) is 11.5 Å². The molecule has 0 aliphatic heterocycles. The highest BCUT2D eigenvalue weighted by Gasteiger charge is 2.23. The Kier molecular flexibility index (Phi) is 6.56. The van der Waals surface area contributed by atoms with Crippen molar-refractivity contribution in [3.8, 4) is 17.2 Å². The van der Waals surface area contributed by atoms with Gasteiger partial charge in [0.1, 0.15) is 4.83 Å². The zero-order chi connectivity index (χ0) is 24.4. The maximum Gasteiger partial charge on any atom is 0.267 e. The van der Waals surface area contributed by atoms with E-state index in [-0.39, 0.29) is 28.7 Å². The number of benzene rings is 2. The number of amides is 1. The fraction of sp³-hybridized carbons (Fsp3) is 0.200. The first-order valence-corrected chi connectivity index (χ1v) is 12.9. The molecule has 1 aliphatic carbocycles. The van der Waals surface area contributed by atoms with Gasteiger partial charge in [-0.2, -0.15) is 5.10 Å². The molecule has 3 N–H and O–H groups in total. The van der Waals surface area contributed by atoms with Crippen LogP contribution in [0.15, 0.2) is 63.6 Å². The first kappa shape index (κ1) is 23.1. The van der Waals surface area contributed by atoms with E-state index in [1.807, 2.05) is 30.3 Å². The number of aromatic hydroxyl groups is 2. The Morgan fingerprint density at radius 2 is 1.94 bits per heavy atom. The molecule has 178 valence electrons. The molecule has 1 amide bonds. The normalized spacial score (nSPS) is 13.3. The van der Waals surface area contributed by atoms with Gasteiger partial charge in [-0.3, -0.25) is 14.2 Å². The van der Waals surface area contributed by atoms with Crippen LogP contribution >= 0.6 is 23.1 Å². The molecule has 0 saturated heterocycles. The number of hydrazone groups is 1. The number of para-hydroxylation sites is 1. The number of carbonyl (C=O) groups excluding carboxylic acids is 1. The molecule has 0 atom stereocenters. The molecule has 8 nitrogen and oxygen atoms in total. The van der Waals surface area contributed by atoms with E-state index in [0.717, 1.165) is 36.1 Å². The summed E-state index contributed by atoms with van der Waals surface area (Å²) in [6.07, 6.45) is 5.43. The zero-order valence-electron chi connectivity index (χ0n) is 18.6. The highest BCUT2D eigenvalue weighted by Crippen LogP contribution is 2.35. The maximum atomic E-state index is 13.7. The Morgan fingerprint density at radius 1 is 1.14 bits per heavy atom. The fourth-order valence-electron chi connectivity index (χ4n) is 4.05. The first-order chi connectivity index (χ1) is 17.0. The summed E-state index contributed by atoms with van der Waals surface area (Å²) in [4.78, 5) is 32.9. The van der Waals surface area contributed by atoms with Gasteiger partial charge in [0.2, 0.25) is 0 Å². The molecule has 0 unspecified atom stereocenters. The Morgan fingerprint density at radius 3 is 2.74 bits per heavy atom. The third-order valence-electron chi connectivity index (χ3n) is 5.71. The van der Waals surface area contributed by atoms with Crippen molar-refractivity contribution in [2.45, 2.75) is 30.8 Å². The van der Waals surface area contributed by atoms with Gasteiger partial charge in [-0.05, 0) is 67.1 Å². The average molecular weight is 507 g/mol. The first-order valence-electron chi connectivity index (χ1n) is 11.1. The van der Waals surface area contributed by atoms with Crippen molar-refractivity contribution in [2.24, 2.45) is 5.10 Å². The number of hydrogen-bond acceptors (Lipinski definition) is 8. The van der Waals surface area contributed by atoms with E-state index >= 15 is 0 Å². The van der Waals surface area contributed by atoms with Crippen molar-refractivity contribution >= 4 is 45.4 Å². The molecule has 2 aromatic heterocycles. The fourth-order valence-corrected chi connectivity index (χ4v) is 6.16. The summed E-state index contributed by atoms with van der Waals surface area (Å²) in [5, 5.41) is 24.0. The molecule has 2 heterocycles. The quantitative estimate of drug-likeness (QED) is 0.120. The lowest BCUT2D eigenvalue weighted by atomic mass is 9.97. The molecule has 35 heavy (non-hydrogen) atoms. The largest absolute Gasteiger partial charge is 0.504 e. The van der Waals surface area contributed by atoms with E-state index in [1.165, 1.54) is 35.0 Å². The van der Waals surface area contributed by atoms with Gasteiger partial charge in [-0.15, -0.1) is 11.3 Å². The molecular weight excluding hydrogens is 484 g/mol. The minimum Gasteiger partial charge on any atom is -0.504 e. The average Bonchev–Trinajstić information content (AvgIpc) is 3.24. The van der Waals surface area contributed by atoms with Crippen LogP contribution in [0.4, 0.5) is 0 Å².